The highest BCUT2D eigenvalue weighted by Gasteiger charge is 2.18. The molecule has 0 fully saturated rings. The van der Waals surface area contributed by atoms with Crippen molar-refractivity contribution in [1.29, 1.82) is 0 Å². The van der Waals surface area contributed by atoms with Crippen LogP contribution in [-0.4, -0.2) is 33.4 Å². The third kappa shape index (κ3) is 6.15. The van der Waals surface area contributed by atoms with Crippen molar-refractivity contribution in [2.24, 2.45) is 0 Å². The molecular weight excluding hydrogens is 175 g/mol. The van der Waals surface area contributed by atoms with Crippen molar-refractivity contribution < 1.29 is 28.8 Å². The Morgan fingerprint density at radius 2 is 2.09 bits per heavy atom. The molecule has 66 valence electrons. The van der Waals surface area contributed by atoms with Crippen LogP contribution in [0.5, 0.6) is 0 Å². The minimum atomic E-state index is -4.59. The Morgan fingerprint density at radius 3 is 2.36 bits per heavy atom. The van der Waals surface area contributed by atoms with E-state index in [2.05, 4.69) is 4.52 Å². The molecule has 3 N–H and O–H groups in total. The molecule has 0 aliphatic carbocycles. The lowest BCUT2D eigenvalue weighted by molar-refractivity contribution is -0.128. The van der Waals surface area contributed by atoms with Crippen LogP contribution in [0.15, 0.2) is 0 Å². The molecular formula is C4H9O6P. The van der Waals surface area contributed by atoms with Crippen LogP contribution in [0.25, 0.3) is 0 Å². The Bertz CT molecular complexity index is 181. The minimum Gasteiger partial charge on any atom is -0.386 e. The van der Waals surface area contributed by atoms with Gasteiger partial charge in [0, 0.05) is 0 Å². The number of hydrogen-bond donors (Lipinski definition) is 3. The molecule has 0 aliphatic rings. The van der Waals surface area contributed by atoms with Crippen molar-refractivity contribution in [3.05, 3.63) is 0 Å². The summed E-state index contributed by atoms with van der Waals surface area (Å²) in [6, 6.07) is 0. The van der Waals surface area contributed by atoms with Crippen molar-refractivity contribution in [2.75, 3.05) is 6.61 Å². The fraction of sp³-hybridized carbons (Fsp3) is 0.750. The number of phosphoric ester groups is 1. The summed E-state index contributed by atoms with van der Waals surface area (Å²) in [5.74, 6) is -0.770. The second-order valence-electron chi connectivity index (χ2n) is 1.91. The number of ketones is 1. The van der Waals surface area contributed by atoms with Gasteiger partial charge in [-0.25, -0.2) is 4.57 Å². The third-order valence-corrected chi connectivity index (χ3v) is 1.31. The summed E-state index contributed by atoms with van der Waals surface area (Å²) in [7, 11) is -4.59. The van der Waals surface area contributed by atoms with Gasteiger partial charge >= 0.3 is 7.82 Å². The lowest BCUT2D eigenvalue weighted by Gasteiger charge is -2.05. The highest BCUT2D eigenvalue weighted by molar-refractivity contribution is 7.46. The van der Waals surface area contributed by atoms with E-state index in [0.29, 0.717) is 0 Å². The summed E-state index contributed by atoms with van der Waals surface area (Å²) in [6.45, 7) is 0.410. The molecule has 0 aliphatic heterocycles. The lowest BCUT2D eigenvalue weighted by Crippen LogP contribution is -2.20. The van der Waals surface area contributed by atoms with E-state index < -0.39 is 26.3 Å². The second kappa shape index (κ2) is 3.94. The largest absolute Gasteiger partial charge is 0.470 e. The molecule has 0 unspecified atom stereocenters. The van der Waals surface area contributed by atoms with Crippen molar-refractivity contribution in [3.63, 3.8) is 0 Å². The number of Topliss-reactive ketones (excluding diaryl/α,β-unsaturated/α-hetero) is 1. The van der Waals surface area contributed by atoms with Gasteiger partial charge in [0.15, 0.2) is 5.78 Å². The van der Waals surface area contributed by atoms with Crippen molar-refractivity contribution in [2.45, 2.75) is 13.0 Å². The van der Waals surface area contributed by atoms with Gasteiger partial charge in [-0.1, -0.05) is 0 Å². The maximum atomic E-state index is 10.5. The molecule has 0 aromatic heterocycles. The van der Waals surface area contributed by atoms with Crippen LogP contribution in [0.3, 0.4) is 0 Å². The van der Waals surface area contributed by atoms with Gasteiger partial charge in [0.25, 0.3) is 0 Å². The molecule has 0 radical (unpaired) electrons. The second-order valence-corrected chi connectivity index (χ2v) is 3.15. The summed E-state index contributed by atoms with van der Waals surface area (Å²) < 4.78 is 13.8. The average molecular weight is 184 g/mol. The highest BCUT2D eigenvalue weighted by atomic mass is 31.2. The Labute approximate surface area is 63.0 Å². The van der Waals surface area contributed by atoms with Gasteiger partial charge in [-0.2, -0.15) is 0 Å². The molecule has 11 heavy (non-hydrogen) atoms. The Morgan fingerprint density at radius 1 is 1.64 bits per heavy atom. The Hall–Kier alpha value is -0.260. The molecule has 0 heterocycles. The zero-order valence-electron chi connectivity index (χ0n) is 5.80. The minimum absolute atomic E-state index is 0.770. The first kappa shape index (κ1) is 10.7. The first-order valence-corrected chi connectivity index (χ1v) is 4.27. The zero-order valence-corrected chi connectivity index (χ0v) is 6.69. The summed E-state index contributed by atoms with van der Waals surface area (Å²) in [5.41, 5.74) is 0. The molecule has 6 nitrogen and oxygen atoms in total. The average Bonchev–Trinajstić information content (AvgIpc) is 1.80. The van der Waals surface area contributed by atoms with Crippen LogP contribution in [-0.2, 0) is 13.9 Å². The van der Waals surface area contributed by atoms with E-state index in [9.17, 15) is 9.36 Å². The van der Waals surface area contributed by atoms with E-state index in [-0.39, 0.29) is 0 Å². The third-order valence-electron chi connectivity index (χ3n) is 0.841. The number of hydrogen-bond acceptors (Lipinski definition) is 4. The summed E-state index contributed by atoms with van der Waals surface area (Å²) in [5, 5.41) is 8.54. The van der Waals surface area contributed by atoms with Gasteiger partial charge in [0.2, 0.25) is 0 Å². The molecule has 0 aromatic rings. The lowest BCUT2D eigenvalue weighted by atomic mass is 10.3. The molecule has 0 rings (SSSR count). The van der Waals surface area contributed by atoms with Gasteiger partial charge < -0.3 is 14.9 Å². The Kier molecular flexibility index (Phi) is 3.85. The standard InChI is InChI=1S/C4H9O6P/c1-3(5)4(6)2-10-11(7,8)9/h3,5H,2H2,1H3,(H2,7,8,9)/t3-/m0/s1. The van der Waals surface area contributed by atoms with Crippen LogP contribution in [0, 0.1) is 0 Å². The fourth-order valence-electron chi connectivity index (χ4n) is 0.268. The van der Waals surface area contributed by atoms with Crippen LogP contribution in [0.2, 0.25) is 0 Å². The van der Waals surface area contributed by atoms with Gasteiger partial charge in [0.05, 0.1) is 0 Å². The molecule has 0 saturated carbocycles. The van der Waals surface area contributed by atoms with Gasteiger partial charge in [-0.3, -0.25) is 9.32 Å². The van der Waals surface area contributed by atoms with Crippen LogP contribution >= 0.6 is 7.82 Å². The fourth-order valence-corrected chi connectivity index (χ4v) is 0.564. The number of aliphatic hydroxyl groups excluding tert-OH is 1. The van der Waals surface area contributed by atoms with Crippen LogP contribution in [0.4, 0.5) is 0 Å². The smallest absolute Gasteiger partial charge is 0.386 e. The predicted molar refractivity (Wildman–Crippen MR) is 34.7 cm³/mol. The van der Waals surface area contributed by atoms with Crippen molar-refractivity contribution >= 4 is 13.6 Å². The van der Waals surface area contributed by atoms with E-state index in [0.717, 1.165) is 0 Å². The molecule has 0 aromatic carbocycles. The van der Waals surface area contributed by atoms with E-state index in [4.69, 9.17) is 14.9 Å². The molecule has 0 spiro atoms. The number of rotatable bonds is 4. The number of phosphoric acid groups is 1. The number of carbonyl (C=O) groups is 1. The predicted octanol–water partition coefficient (Wildman–Crippen LogP) is -0.954. The molecule has 7 heteroatoms. The zero-order chi connectivity index (χ0) is 9.07. The van der Waals surface area contributed by atoms with Crippen LogP contribution < -0.4 is 0 Å². The van der Waals surface area contributed by atoms with Crippen molar-refractivity contribution in [3.8, 4) is 0 Å². The SMILES string of the molecule is C[C@H](O)C(=O)COP(=O)(O)O. The van der Waals surface area contributed by atoms with E-state index in [1.807, 2.05) is 0 Å². The highest BCUT2D eigenvalue weighted by Crippen LogP contribution is 2.35. The number of aliphatic hydroxyl groups is 1. The monoisotopic (exact) mass is 184 g/mol. The van der Waals surface area contributed by atoms with Gasteiger partial charge in [-0.15, -0.1) is 0 Å². The topological polar surface area (TPSA) is 104 Å². The van der Waals surface area contributed by atoms with Crippen LogP contribution in [0.1, 0.15) is 6.92 Å². The maximum absolute atomic E-state index is 10.5. The van der Waals surface area contributed by atoms with Gasteiger partial charge in [-0.05, 0) is 6.92 Å². The summed E-state index contributed by atoms with van der Waals surface area (Å²) in [4.78, 5) is 26.7. The summed E-state index contributed by atoms with van der Waals surface area (Å²) >= 11 is 0. The normalized spacial score (nSPS) is 14.5. The van der Waals surface area contributed by atoms with E-state index in [1.54, 1.807) is 0 Å². The molecule has 0 bridgehead atoms. The van der Waals surface area contributed by atoms with Gasteiger partial charge in [0.1, 0.15) is 12.7 Å². The van der Waals surface area contributed by atoms with E-state index in [1.165, 1.54) is 6.92 Å². The molecule has 0 amide bonds. The number of carbonyl (C=O) groups excluding carboxylic acids is 1. The Balaban J connectivity index is 3.73. The first-order chi connectivity index (χ1) is 4.83. The first-order valence-electron chi connectivity index (χ1n) is 2.74. The quantitative estimate of drug-likeness (QED) is 0.486. The van der Waals surface area contributed by atoms with E-state index >= 15 is 0 Å². The molecule has 1 atom stereocenters. The maximum Gasteiger partial charge on any atom is 0.470 e. The summed E-state index contributed by atoms with van der Waals surface area (Å²) in [6.07, 6.45) is -1.26. The molecule has 0 saturated heterocycles. The van der Waals surface area contributed by atoms with Crippen molar-refractivity contribution in [1.82, 2.24) is 0 Å².